The van der Waals surface area contributed by atoms with E-state index in [9.17, 15) is 4.79 Å². The number of nitrogens with zero attached hydrogens (tertiary/aromatic N) is 5. The Balaban J connectivity index is 1.55. The van der Waals surface area contributed by atoms with E-state index in [1.807, 2.05) is 6.07 Å². The highest BCUT2D eigenvalue weighted by Crippen LogP contribution is 2.44. The normalized spacial score (nSPS) is 24.0. The molecule has 146 valence electrons. The molecule has 3 atom stereocenters. The van der Waals surface area contributed by atoms with E-state index in [2.05, 4.69) is 49.3 Å². The molecule has 0 spiro atoms. The molecule has 7 heteroatoms. The van der Waals surface area contributed by atoms with Crippen LogP contribution >= 0.6 is 0 Å². The highest BCUT2D eigenvalue weighted by Gasteiger charge is 2.41. The van der Waals surface area contributed by atoms with Crippen molar-refractivity contribution in [2.45, 2.75) is 45.1 Å². The Labute approximate surface area is 163 Å². The molecule has 3 aromatic heterocycles. The van der Waals surface area contributed by atoms with Crippen LogP contribution in [0.25, 0.3) is 11.2 Å². The van der Waals surface area contributed by atoms with Gasteiger partial charge in [0.05, 0.1) is 6.33 Å². The molecular weight excluding hydrogens is 352 g/mol. The molecule has 0 unspecified atom stereocenters. The van der Waals surface area contributed by atoms with Crippen LogP contribution in [-0.2, 0) is 0 Å². The third-order valence-corrected chi connectivity index (χ3v) is 6.34. The monoisotopic (exact) mass is 378 g/mol. The van der Waals surface area contributed by atoms with Crippen LogP contribution in [0.15, 0.2) is 35.6 Å². The number of nitrogens with one attached hydrogen (secondary N) is 1. The fourth-order valence-electron chi connectivity index (χ4n) is 5.08. The third-order valence-electron chi connectivity index (χ3n) is 6.34. The number of fused-ring (bicyclic) bond motifs is 5. The number of anilines is 1. The summed E-state index contributed by atoms with van der Waals surface area (Å²) in [5.41, 5.74) is 2.92. The van der Waals surface area contributed by atoms with E-state index >= 15 is 0 Å². The van der Waals surface area contributed by atoms with Crippen LogP contribution in [-0.4, -0.2) is 37.6 Å². The lowest BCUT2D eigenvalue weighted by Crippen LogP contribution is -2.49. The maximum absolute atomic E-state index is 12.8. The maximum atomic E-state index is 12.8. The Morgan fingerprint density at radius 3 is 2.96 bits per heavy atom. The van der Waals surface area contributed by atoms with E-state index in [1.165, 1.54) is 5.69 Å². The molecule has 1 saturated heterocycles. The zero-order valence-corrected chi connectivity index (χ0v) is 16.4. The summed E-state index contributed by atoms with van der Waals surface area (Å²) < 4.78 is 2.10. The second kappa shape index (κ2) is 6.72. The van der Waals surface area contributed by atoms with E-state index in [0.717, 1.165) is 43.7 Å². The van der Waals surface area contributed by atoms with Crippen LogP contribution in [0.2, 0.25) is 0 Å². The second-order valence-electron chi connectivity index (χ2n) is 8.59. The quantitative estimate of drug-likeness (QED) is 0.754. The second-order valence-corrected chi connectivity index (χ2v) is 8.59. The largest absolute Gasteiger partial charge is 0.354 e. The van der Waals surface area contributed by atoms with E-state index in [1.54, 1.807) is 18.7 Å². The first-order valence-corrected chi connectivity index (χ1v) is 10.2. The summed E-state index contributed by atoms with van der Waals surface area (Å²) in [5.74, 6) is 2.34. The number of piperidine rings is 1. The van der Waals surface area contributed by atoms with E-state index in [4.69, 9.17) is 0 Å². The zero-order chi connectivity index (χ0) is 19.3. The molecule has 3 aromatic rings. The van der Waals surface area contributed by atoms with Crippen molar-refractivity contribution in [3.63, 3.8) is 0 Å². The third kappa shape index (κ3) is 2.80. The molecule has 2 aliphatic rings. The molecule has 0 amide bonds. The Morgan fingerprint density at radius 2 is 2.11 bits per heavy atom. The van der Waals surface area contributed by atoms with Gasteiger partial charge in [-0.05, 0) is 37.2 Å². The minimum Gasteiger partial charge on any atom is -0.354 e. The fourth-order valence-corrected chi connectivity index (χ4v) is 5.08. The number of H-pyrrole nitrogens is 1. The summed E-state index contributed by atoms with van der Waals surface area (Å²) in [4.78, 5) is 31.4. The van der Waals surface area contributed by atoms with Crippen molar-refractivity contribution in [1.29, 1.82) is 0 Å². The van der Waals surface area contributed by atoms with Gasteiger partial charge >= 0.3 is 0 Å². The lowest BCUT2D eigenvalue weighted by molar-refractivity contribution is 0.195. The van der Waals surface area contributed by atoms with Gasteiger partial charge < -0.3 is 14.5 Å². The number of pyridine rings is 1. The molecule has 0 aliphatic carbocycles. The molecule has 1 fully saturated rings. The van der Waals surface area contributed by atoms with E-state index < -0.39 is 0 Å². The van der Waals surface area contributed by atoms with Gasteiger partial charge in [0.25, 0.3) is 5.56 Å². The zero-order valence-electron chi connectivity index (χ0n) is 16.4. The summed E-state index contributed by atoms with van der Waals surface area (Å²) in [7, 11) is 0. The van der Waals surface area contributed by atoms with Gasteiger partial charge in [-0.3, -0.25) is 4.79 Å². The highest BCUT2D eigenvalue weighted by molar-refractivity contribution is 5.82. The van der Waals surface area contributed by atoms with Crippen molar-refractivity contribution in [1.82, 2.24) is 24.5 Å². The highest BCUT2D eigenvalue weighted by atomic mass is 16.1. The fraction of sp³-hybridized carbons (Fsp3) is 0.524. The lowest BCUT2D eigenvalue weighted by atomic mass is 9.76. The van der Waals surface area contributed by atoms with Gasteiger partial charge in [0.1, 0.15) is 11.8 Å². The molecule has 2 bridgehead atoms. The van der Waals surface area contributed by atoms with Crippen LogP contribution in [0.3, 0.4) is 0 Å². The van der Waals surface area contributed by atoms with E-state index in [-0.39, 0.29) is 11.6 Å². The Kier molecular flexibility index (Phi) is 4.18. The van der Waals surface area contributed by atoms with E-state index in [0.29, 0.717) is 23.4 Å². The summed E-state index contributed by atoms with van der Waals surface area (Å²) in [6, 6.07) is 6.01. The van der Waals surface area contributed by atoms with Crippen molar-refractivity contribution < 1.29 is 0 Å². The first-order chi connectivity index (χ1) is 13.6. The Hall–Kier alpha value is -2.70. The molecule has 0 saturated carbocycles. The Morgan fingerprint density at radius 1 is 1.21 bits per heavy atom. The predicted molar refractivity (Wildman–Crippen MR) is 109 cm³/mol. The number of aromatic amines is 1. The average molecular weight is 378 g/mol. The molecular formula is C21H26N6O. The maximum Gasteiger partial charge on any atom is 0.250 e. The minimum atomic E-state index is 0.146. The standard InChI is InChI=1S/C21H26N6O/c1-13(2)6-7-17-15-8-14(16-4-3-5-18(28)27(16)17)9-26(10-15)21-19-20(23-11-22-19)24-12-25-21/h3-5,11-15,17H,6-10H2,1-2H3,(H,22,23,24,25)/t14-,15+,17+/m1/s1. The molecule has 7 nitrogen and oxygen atoms in total. The molecule has 0 aromatic carbocycles. The number of imidazole rings is 1. The van der Waals surface area contributed by atoms with Crippen LogP contribution in [0, 0.1) is 11.8 Å². The van der Waals surface area contributed by atoms with Crippen molar-refractivity contribution in [2.75, 3.05) is 18.0 Å². The number of aromatic nitrogens is 5. The van der Waals surface area contributed by atoms with Crippen LogP contribution in [0.4, 0.5) is 5.82 Å². The SMILES string of the molecule is CC(C)CC[C@H]1[C@H]2C[C@H](CN(c3ncnc4nc[nH]c34)C2)c2cccc(=O)n21. The summed E-state index contributed by atoms with van der Waals surface area (Å²) in [5, 5.41) is 0. The van der Waals surface area contributed by atoms with Gasteiger partial charge in [0, 0.05) is 36.8 Å². The van der Waals surface area contributed by atoms with Crippen molar-refractivity contribution in [3.05, 3.63) is 46.9 Å². The first kappa shape index (κ1) is 17.4. The Bertz CT molecular complexity index is 1050. The van der Waals surface area contributed by atoms with Crippen LogP contribution < -0.4 is 10.5 Å². The van der Waals surface area contributed by atoms with Crippen LogP contribution in [0.5, 0.6) is 0 Å². The summed E-state index contributed by atoms with van der Waals surface area (Å²) >= 11 is 0. The topological polar surface area (TPSA) is 79.7 Å². The summed E-state index contributed by atoms with van der Waals surface area (Å²) in [6.07, 6.45) is 6.58. The predicted octanol–water partition coefficient (Wildman–Crippen LogP) is 3.12. The number of hydrogen-bond donors (Lipinski definition) is 1. The molecule has 5 heterocycles. The van der Waals surface area contributed by atoms with Gasteiger partial charge in [0.2, 0.25) is 0 Å². The van der Waals surface area contributed by atoms with Gasteiger partial charge in [-0.2, -0.15) is 0 Å². The summed E-state index contributed by atoms with van der Waals surface area (Å²) in [6.45, 7) is 6.28. The van der Waals surface area contributed by atoms with Gasteiger partial charge in [-0.25, -0.2) is 15.0 Å². The smallest absolute Gasteiger partial charge is 0.250 e. The van der Waals surface area contributed by atoms with Crippen molar-refractivity contribution >= 4 is 17.0 Å². The molecule has 2 aliphatic heterocycles. The molecule has 5 rings (SSSR count). The lowest BCUT2D eigenvalue weighted by Gasteiger charge is -2.47. The average Bonchev–Trinajstić information content (AvgIpc) is 3.17. The minimum absolute atomic E-state index is 0.146. The van der Waals surface area contributed by atoms with Gasteiger partial charge in [-0.1, -0.05) is 19.9 Å². The molecule has 28 heavy (non-hydrogen) atoms. The van der Waals surface area contributed by atoms with Crippen molar-refractivity contribution in [3.8, 4) is 0 Å². The number of hydrogen-bond acceptors (Lipinski definition) is 5. The molecule has 0 radical (unpaired) electrons. The van der Waals surface area contributed by atoms with Crippen molar-refractivity contribution in [2.24, 2.45) is 11.8 Å². The van der Waals surface area contributed by atoms with Gasteiger partial charge in [0.15, 0.2) is 11.5 Å². The first-order valence-electron chi connectivity index (χ1n) is 10.2. The molecule has 1 N–H and O–H groups in total. The van der Waals surface area contributed by atoms with Gasteiger partial charge in [-0.15, -0.1) is 0 Å². The number of rotatable bonds is 4. The van der Waals surface area contributed by atoms with Crippen LogP contribution in [0.1, 0.15) is 50.8 Å².